The van der Waals surface area contributed by atoms with Crippen LogP contribution in [0.15, 0.2) is 24.3 Å². The summed E-state index contributed by atoms with van der Waals surface area (Å²) in [5.74, 6) is 0. The molecule has 0 aliphatic carbocycles. The monoisotopic (exact) mass is 221 g/mol. The van der Waals surface area contributed by atoms with E-state index in [1.54, 1.807) is 4.90 Å². The minimum atomic E-state index is -0.251. The number of benzene rings is 1. The van der Waals surface area contributed by atoms with Crippen molar-refractivity contribution in [3.8, 4) is 0 Å². The summed E-state index contributed by atoms with van der Waals surface area (Å²) >= 11 is 0. The molecule has 0 aromatic heterocycles. The van der Waals surface area contributed by atoms with Crippen LogP contribution in [0.2, 0.25) is 0 Å². The highest BCUT2D eigenvalue weighted by atomic mass is 16.6. The molecule has 0 spiro atoms. The van der Waals surface area contributed by atoms with Gasteiger partial charge >= 0.3 is 6.09 Å². The van der Waals surface area contributed by atoms with Crippen molar-refractivity contribution in [2.75, 3.05) is 6.54 Å². The van der Waals surface area contributed by atoms with Crippen molar-refractivity contribution >= 4 is 6.09 Å². The Balaban J connectivity index is 2.01. The third-order valence-electron chi connectivity index (χ3n) is 2.62. The van der Waals surface area contributed by atoms with Crippen LogP contribution in [-0.4, -0.2) is 28.7 Å². The lowest BCUT2D eigenvalue weighted by Gasteiger charge is -2.12. The van der Waals surface area contributed by atoms with E-state index in [9.17, 15) is 4.79 Å². The molecular weight excluding hydrogens is 206 g/mol. The summed E-state index contributed by atoms with van der Waals surface area (Å²) in [6.07, 6.45) is -0.275. The van der Waals surface area contributed by atoms with E-state index in [4.69, 9.17) is 9.84 Å². The SMILES string of the molecule is C[C@@H]1CN(Cc2ccc(CO)cc2)C(=O)O1. The molecule has 1 amide bonds. The Morgan fingerprint density at radius 2 is 2.00 bits per heavy atom. The van der Waals surface area contributed by atoms with E-state index in [1.807, 2.05) is 31.2 Å². The maximum absolute atomic E-state index is 11.4. The molecule has 4 nitrogen and oxygen atoms in total. The predicted molar refractivity (Wildman–Crippen MR) is 58.7 cm³/mol. The van der Waals surface area contributed by atoms with Crippen LogP contribution in [0.1, 0.15) is 18.1 Å². The van der Waals surface area contributed by atoms with Gasteiger partial charge in [0.1, 0.15) is 6.10 Å². The fraction of sp³-hybridized carbons (Fsp3) is 0.417. The van der Waals surface area contributed by atoms with Crippen molar-refractivity contribution in [1.82, 2.24) is 4.90 Å². The lowest BCUT2D eigenvalue weighted by Crippen LogP contribution is -2.24. The molecule has 1 heterocycles. The third kappa shape index (κ3) is 2.33. The van der Waals surface area contributed by atoms with Gasteiger partial charge in [-0.15, -0.1) is 0 Å². The highest BCUT2D eigenvalue weighted by Gasteiger charge is 2.27. The van der Waals surface area contributed by atoms with Crippen LogP contribution in [0, 0.1) is 0 Å². The molecule has 0 radical (unpaired) electrons. The second-order valence-corrected chi connectivity index (χ2v) is 4.05. The number of amides is 1. The molecule has 1 aliphatic heterocycles. The van der Waals surface area contributed by atoms with Gasteiger partial charge in [0.25, 0.3) is 0 Å². The average molecular weight is 221 g/mol. The lowest BCUT2D eigenvalue weighted by atomic mass is 10.1. The summed E-state index contributed by atoms with van der Waals surface area (Å²) in [5, 5.41) is 8.90. The van der Waals surface area contributed by atoms with Gasteiger partial charge in [0.15, 0.2) is 0 Å². The highest BCUT2D eigenvalue weighted by molar-refractivity contribution is 5.69. The van der Waals surface area contributed by atoms with Crippen LogP contribution in [0.4, 0.5) is 4.79 Å². The van der Waals surface area contributed by atoms with Gasteiger partial charge in [0.2, 0.25) is 0 Å². The van der Waals surface area contributed by atoms with E-state index >= 15 is 0 Å². The molecule has 1 fully saturated rings. The van der Waals surface area contributed by atoms with E-state index < -0.39 is 0 Å². The van der Waals surface area contributed by atoms with Crippen molar-refractivity contribution in [1.29, 1.82) is 0 Å². The fourth-order valence-electron chi connectivity index (χ4n) is 1.77. The first kappa shape index (κ1) is 11.0. The normalized spacial score (nSPS) is 20.0. The Morgan fingerprint density at radius 3 is 2.50 bits per heavy atom. The number of carbonyl (C=O) groups excluding carboxylic acids is 1. The van der Waals surface area contributed by atoms with Crippen LogP contribution in [0.5, 0.6) is 0 Å². The van der Waals surface area contributed by atoms with Gasteiger partial charge in [0, 0.05) is 6.54 Å². The first-order valence-corrected chi connectivity index (χ1v) is 5.33. The van der Waals surface area contributed by atoms with Crippen LogP contribution < -0.4 is 0 Å². The number of rotatable bonds is 3. The van der Waals surface area contributed by atoms with Gasteiger partial charge in [0.05, 0.1) is 13.2 Å². The predicted octanol–water partition coefficient (Wildman–Crippen LogP) is 1.52. The molecule has 0 saturated carbocycles. The van der Waals surface area contributed by atoms with Gasteiger partial charge in [-0.25, -0.2) is 4.79 Å². The van der Waals surface area contributed by atoms with E-state index in [1.165, 1.54) is 0 Å². The van der Waals surface area contributed by atoms with E-state index in [0.717, 1.165) is 11.1 Å². The first-order valence-electron chi connectivity index (χ1n) is 5.33. The third-order valence-corrected chi connectivity index (χ3v) is 2.62. The molecule has 1 aromatic rings. The number of carbonyl (C=O) groups is 1. The summed E-state index contributed by atoms with van der Waals surface area (Å²) in [6, 6.07) is 7.56. The fourth-order valence-corrected chi connectivity index (χ4v) is 1.77. The maximum Gasteiger partial charge on any atom is 0.410 e. The molecule has 2 rings (SSSR count). The highest BCUT2D eigenvalue weighted by Crippen LogP contribution is 2.15. The van der Waals surface area contributed by atoms with Crippen LogP contribution in [-0.2, 0) is 17.9 Å². The molecule has 1 aromatic carbocycles. The molecule has 1 atom stereocenters. The standard InChI is InChI=1S/C12H15NO3/c1-9-6-13(12(15)16-9)7-10-2-4-11(8-14)5-3-10/h2-5,9,14H,6-8H2,1H3/t9-/m1/s1. The topological polar surface area (TPSA) is 49.8 Å². The number of hydrogen-bond acceptors (Lipinski definition) is 3. The maximum atomic E-state index is 11.4. The van der Waals surface area contributed by atoms with Crippen LogP contribution in [0.25, 0.3) is 0 Å². The summed E-state index contributed by atoms with van der Waals surface area (Å²) in [7, 11) is 0. The van der Waals surface area contributed by atoms with Crippen molar-refractivity contribution in [3.05, 3.63) is 35.4 Å². The quantitative estimate of drug-likeness (QED) is 0.841. The van der Waals surface area contributed by atoms with Crippen molar-refractivity contribution in [3.63, 3.8) is 0 Å². The smallest absolute Gasteiger partial charge is 0.410 e. The number of aliphatic hydroxyl groups excluding tert-OH is 1. The first-order chi connectivity index (χ1) is 7.69. The van der Waals surface area contributed by atoms with Gasteiger partial charge in [-0.05, 0) is 18.1 Å². The Morgan fingerprint density at radius 1 is 1.38 bits per heavy atom. The van der Waals surface area contributed by atoms with E-state index in [0.29, 0.717) is 13.1 Å². The van der Waals surface area contributed by atoms with E-state index in [-0.39, 0.29) is 18.8 Å². The van der Waals surface area contributed by atoms with Gasteiger partial charge < -0.3 is 14.7 Å². The van der Waals surface area contributed by atoms with Gasteiger partial charge in [-0.2, -0.15) is 0 Å². The largest absolute Gasteiger partial charge is 0.444 e. The zero-order valence-electron chi connectivity index (χ0n) is 9.22. The Hall–Kier alpha value is -1.55. The number of hydrogen-bond donors (Lipinski definition) is 1. The minimum Gasteiger partial charge on any atom is -0.444 e. The van der Waals surface area contributed by atoms with Crippen molar-refractivity contribution in [2.24, 2.45) is 0 Å². The number of ether oxygens (including phenoxy) is 1. The summed E-state index contributed by atoms with van der Waals surface area (Å²) < 4.78 is 5.04. The summed E-state index contributed by atoms with van der Waals surface area (Å²) in [5.41, 5.74) is 1.92. The molecular formula is C12H15NO3. The molecule has 4 heteroatoms. The Labute approximate surface area is 94.4 Å². The average Bonchev–Trinajstić information content (AvgIpc) is 2.59. The van der Waals surface area contributed by atoms with Crippen LogP contribution in [0.3, 0.4) is 0 Å². The zero-order chi connectivity index (χ0) is 11.5. The Kier molecular flexibility index (Phi) is 3.10. The molecule has 16 heavy (non-hydrogen) atoms. The lowest BCUT2D eigenvalue weighted by molar-refractivity contribution is 0.137. The molecule has 0 bridgehead atoms. The van der Waals surface area contributed by atoms with Crippen molar-refractivity contribution < 1.29 is 14.6 Å². The number of aliphatic hydroxyl groups is 1. The van der Waals surface area contributed by atoms with Crippen molar-refractivity contribution in [2.45, 2.75) is 26.2 Å². The minimum absolute atomic E-state index is 0.0239. The van der Waals surface area contributed by atoms with Gasteiger partial charge in [-0.3, -0.25) is 0 Å². The number of cyclic esters (lactones) is 1. The molecule has 1 saturated heterocycles. The second kappa shape index (κ2) is 4.53. The van der Waals surface area contributed by atoms with E-state index in [2.05, 4.69) is 0 Å². The second-order valence-electron chi connectivity index (χ2n) is 4.05. The Bertz CT molecular complexity index is 374. The van der Waals surface area contributed by atoms with Gasteiger partial charge in [-0.1, -0.05) is 24.3 Å². The molecule has 1 aliphatic rings. The van der Waals surface area contributed by atoms with Crippen LogP contribution >= 0.6 is 0 Å². The zero-order valence-corrected chi connectivity index (χ0v) is 9.22. The summed E-state index contributed by atoms with van der Waals surface area (Å²) in [4.78, 5) is 13.1. The molecule has 1 N–H and O–H groups in total. The number of nitrogens with zero attached hydrogens (tertiary/aromatic N) is 1. The molecule has 86 valence electrons. The summed E-state index contributed by atoms with van der Waals surface area (Å²) in [6.45, 7) is 3.13. The molecule has 0 unspecified atom stereocenters.